The maximum atomic E-state index is 5.56. The second-order valence-corrected chi connectivity index (χ2v) is 5.57. The number of hydrogen-bond donors (Lipinski definition) is 1. The first-order valence-electron chi connectivity index (χ1n) is 6.45. The first-order valence-corrected chi connectivity index (χ1v) is 7.27. The maximum Gasteiger partial charge on any atom is 0.185 e. The van der Waals surface area contributed by atoms with Crippen LogP contribution in [0.3, 0.4) is 0 Å². The standard InChI is InChI=1S/C12H22N4S.3BrH/c1-2-5-15-6-8-16(9-7-15)12-14-10-11(17-12)3-4-13;;;/h10H,2-9,13H2,1H3;3*1H. The third-order valence-electron chi connectivity index (χ3n) is 3.11. The zero-order valence-corrected chi connectivity index (χ0v) is 17.7. The van der Waals surface area contributed by atoms with Gasteiger partial charge in [-0.2, -0.15) is 0 Å². The van der Waals surface area contributed by atoms with E-state index in [0.29, 0.717) is 6.54 Å². The molecule has 0 unspecified atom stereocenters. The summed E-state index contributed by atoms with van der Waals surface area (Å²) in [6.45, 7) is 8.73. The molecule has 120 valence electrons. The minimum atomic E-state index is 0. The van der Waals surface area contributed by atoms with Gasteiger partial charge in [0.1, 0.15) is 0 Å². The average molecular weight is 497 g/mol. The lowest BCUT2D eigenvalue weighted by Crippen LogP contribution is -2.46. The van der Waals surface area contributed by atoms with Crippen molar-refractivity contribution in [2.75, 3.05) is 44.2 Å². The van der Waals surface area contributed by atoms with Gasteiger partial charge in [0, 0.05) is 37.3 Å². The third kappa shape index (κ3) is 6.70. The lowest BCUT2D eigenvalue weighted by Gasteiger charge is -2.34. The van der Waals surface area contributed by atoms with Crippen LogP contribution in [0.25, 0.3) is 0 Å². The molecule has 1 aliphatic heterocycles. The van der Waals surface area contributed by atoms with E-state index in [1.165, 1.54) is 36.1 Å². The summed E-state index contributed by atoms with van der Waals surface area (Å²) in [6, 6.07) is 0. The average Bonchev–Trinajstić information content (AvgIpc) is 2.80. The summed E-state index contributed by atoms with van der Waals surface area (Å²) in [5, 5.41) is 1.17. The van der Waals surface area contributed by atoms with E-state index in [0.717, 1.165) is 19.5 Å². The van der Waals surface area contributed by atoms with Gasteiger partial charge in [0.15, 0.2) is 5.13 Å². The molecule has 1 aromatic heterocycles. The van der Waals surface area contributed by atoms with E-state index >= 15 is 0 Å². The molecule has 2 heterocycles. The molecule has 0 radical (unpaired) electrons. The SMILES string of the molecule is Br.Br.Br.CCCN1CCN(c2ncc(CCN)s2)CC1. The zero-order valence-electron chi connectivity index (χ0n) is 11.8. The molecule has 2 rings (SSSR count). The molecule has 20 heavy (non-hydrogen) atoms. The van der Waals surface area contributed by atoms with E-state index in [4.69, 9.17) is 5.73 Å². The van der Waals surface area contributed by atoms with Crippen molar-refractivity contribution in [3.05, 3.63) is 11.1 Å². The normalized spacial score (nSPS) is 15.0. The Labute approximate surface area is 157 Å². The monoisotopic (exact) mass is 494 g/mol. The van der Waals surface area contributed by atoms with Gasteiger partial charge in [-0.05, 0) is 25.9 Å². The summed E-state index contributed by atoms with van der Waals surface area (Å²) in [6.07, 6.45) is 4.18. The second kappa shape index (κ2) is 12.3. The highest BCUT2D eigenvalue weighted by Gasteiger charge is 2.18. The van der Waals surface area contributed by atoms with Gasteiger partial charge in [-0.3, -0.25) is 4.90 Å². The molecule has 4 nitrogen and oxygen atoms in total. The fraction of sp³-hybridized carbons (Fsp3) is 0.750. The number of nitrogens with two attached hydrogens (primary N) is 1. The highest BCUT2D eigenvalue weighted by molar-refractivity contribution is 8.93. The number of hydrogen-bond acceptors (Lipinski definition) is 5. The molecule has 0 atom stereocenters. The first-order chi connectivity index (χ1) is 8.33. The molecule has 2 N–H and O–H groups in total. The minimum Gasteiger partial charge on any atom is -0.346 e. The Hall–Kier alpha value is 0.790. The number of anilines is 1. The van der Waals surface area contributed by atoms with Crippen molar-refractivity contribution < 1.29 is 0 Å². The van der Waals surface area contributed by atoms with Crippen LogP contribution in [0.5, 0.6) is 0 Å². The Morgan fingerprint density at radius 1 is 1.20 bits per heavy atom. The summed E-state index contributed by atoms with van der Waals surface area (Å²) in [5.74, 6) is 0. The molecule has 1 aromatic rings. The second-order valence-electron chi connectivity index (χ2n) is 4.48. The van der Waals surface area contributed by atoms with Gasteiger partial charge < -0.3 is 10.6 Å². The van der Waals surface area contributed by atoms with Crippen molar-refractivity contribution in [2.24, 2.45) is 5.73 Å². The maximum absolute atomic E-state index is 5.56. The van der Waals surface area contributed by atoms with E-state index in [-0.39, 0.29) is 50.9 Å². The molecule has 1 saturated heterocycles. The number of aromatic nitrogens is 1. The van der Waals surface area contributed by atoms with E-state index in [2.05, 4.69) is 21.7 Å². The van der Waals surface area contributed by atoms with Crippen molar-refractivity contribution in [2.45, 2.75) is 19.8 Å². The predicted octanol–water partition coefficient (Wildman–Crippen LogP) is 2.91. The van der Waals surface area contributed by atoms with Gasteiger partial charge in [-0.15, -0.1) is 62.3 Å². The Morgan fingerprint density at radius 3 is 2.40 bits per heavy atom. The highest BCUT2D eigenvalue weighted by atomic mass is 79.9. The van der Waals surface area contributed by atoms with Crippen molar-refractivity contribution >= 4 is 67.4 Å². The molecule has 0 aromatic carbocycles. The van der Waals surface area contributed by atoms with Crippen LogP contribution in [0.15, 0.2) is 6.20 Å². The van der Waals surface area contributed by atoms with Gasteiger partial charge >= 0.3 is 0 Å². The van der Waals surface area contributed by atoms with Gasteiger partial charge in [0.05, 0.1) is 0 Å². The highest BCUT2D eigenvalue weighted by Crippen LogP contribution is 2.23. The number of nitrogens with zero attached hydrogens (tertiary/aromatic N) is 3. The van der Waals surface area contributed by atoms with Gasteiger partial charge in [-0.1, -0.05) is 6.92 Å². The number of rotatable bonds is 5. The summed E-state index contributed by atoms with van der Waals surface area (Å²) >= 11 is 1.79. The fourth-order valence-corrected chi connectivity index (χ4v) is 3.16. The molecular weight excluding hydrogens is 472 g/mol. The molecule has 1 fully saturated rings. The lowest BCUT2D eigenvalue weighted by atomic mass is 10.3. The molecule has 0 saturated carbocycles. The summed E-state index contributed by atoms with van der Waals surface area (Å²) in [7, 11) is 0. The van der Waals surface area contributed by atoms with Gasteiger partial charge in [0.25, 0.3) is 0 Å². The summed E-state index contributed by atoms with van der Waals surface area (Å²) in [5.41, 5.74) is 5.56. The van der Waals surface area contributed by atoms with Crippen LogP contribution in [-0.2, 0) is 6.42 Å². The van der Waals surface area contributed by atoms with Crippen LogP contribution in [0.2, 0.25) is 0 Å². The Morgan fingerprint density at radius 2 is 1.85 bits per heavy atom. The van der Waals surface area contributed by atoms with Crippen molar-refractivity contribution in [1.82, 2.24) is 9.88 Å². The Kier molecular flexibility index (Phi) is 14.2. The summed E-state index contributed by atoms with van der Waals surface area (Å²) in [4.78, 5) is 10.7. The van der Waals surface area contributed by atoms with Gasteiger partial charge in [-0.25, -0.2) is 4.98 Å². The number of piperazine rings is 1. The van der Waals surface area contributed by atoms with Crippen LogP contribution in [0.1, 0.15) is 18.2 Å². The van der Waals surface area contributed by atoms with E-state index < -0.39 is 0 Å². The van der Waals surface area contributed by atoms with Gasteiger partial charge in [0.2, 0.25) is 0 Å². The smallest absolute Gasteiger partial charge is 0.185 e. The van der Waals surface area contributed by atoms with E-state index in [9.17, 15) is 0 Å². The number of thiazole rings is 1. The summed E-state index contributed by atoms with van der Waals surface area (Å²) < 4.78 is 0. The molecule has 0 bridgehead atoms. The minimum absolute atomic E-state index is 0. The molecule has 0 aliphatic carbocycles. The van der Waals surface area contributed by atoms with Crippen molar-refractivity contribution in [3.63, 3.8) is 0 Å². The lowest BCUT2D eigenvalue weighted by molar-refractivity contribution is 0.258. The molecule has 1 aliphatic rings. The van der Waals surface area contributed by atoms with Crippen LogP contribution >= 0.6 is 62.3 Å². The quantitative estimate of drug-likeness (QED) is 0.680. The number of halogens is 3. The van der Waals surface area contributed by atoms with E-state index in [1.807, 2.05) is 6.20 Å². The van der Waals surface area contributed by atoms with Crippen molar-refractivity contribution in [1.29, 1.82) is 0 Å². The third-order valence-corrected chi connectivity index (χ3v) is 4.23. The zero-order chi connectivity index (χ0) is 12.1. The molecule has 0 spiro atoms. The predicted molar refractivity (Wildman–Crippen MR) is 105 cm³/mol. The van der Waals surface area contributed by atoms with Crippen LogP contribution in [0.4, 0.5) is 5.13 Å². The Balaban J connectivity index is 0. The topological polar surface area (TPSA) is 45.4 Å². The first kappa shape index (κ1) is 23.1. The Bertz CT molecular complexity index is 343. The van der Waals surface area contributed by atoms with E-state index in [1.54, 1.807) is 11.3 Å². The van der Waals surface area contributed by atoms with Crippen LogP contribution in [0, 0.1) is 0 Å². The molecule has 8 heteroatoms. The largest absolute Gasteiger partial charge is 0.346 e. The molecule has 0 amide bonds. The van der Waals surface area contributed by atoms with Crippen molar-refractivity contribution in [3.8, 4) is 0 Å². The molecular formula is C12H25Br3N4S. The van der Waals surface area contributed by atoms with Crippen LogP contribution in [-0.4, -0.2) is 49.2 Å². The fourth-order valence-electron chi connectivity index (χ4n) is 2.18. The van der Waals surface area contributed by atoms with Crippen LogP contribution < -0.4 is 10.6 Å².